The van der Waals surface area contributed by atoms with E-state index in [4.69, 9.17) is 4.74 Å². The molecule has 0 heterocycles. The zero-order chi connectivity index (χ0) is 20.0. The van der Waals surface area contributed by atoms with E-state index in [0.717, 1.165) is 17.7 Å². The molecular weight excluding hydrogens is 369 g/mol. The molecular formula is C19H20F5NO2. The first-order valence-corrected chi connectivity index (χ1v) is 8.31. The van der Waals surface area contributed by atoms with Crippen LogP contribution in [0, 0.1) is 0 Å². The summed E-state index contributed by atoms with van der Waals surface area (Å²) in [5.74, 6) is 0.158. The van der Waals surface area contributed by atoms with Crippen LogP contribution in [0.25, 0.3) is 0 Å². The van der Waals surface area contributed by atoms with Gasteiger partial charge in [-0.25, -0.2) is 0 Å². The summed E-state index contributed by atoms with van der Waals surface area (Å²) < 4.78 is 72.4. The summed E-state index contributed by atoms with van der Waals surface area (Å²) in [6.45, 7) is 1.26. The van der Waals surface area contributed by atoms with Crippen LogP contribution in [-0.4, -0.2) is 13.2 Å². The highest BCUT2D eigenvalue weighted by atomic mass is 19.4. The van der Waals surface area contributed by atoms with Gasteiger partial charge in [0.05, 0.1) is 12.2 Å². The van der Waals surface area contributed by atoms with Gasteiger partial charge in [0.2, 0.25) is 0 Å². The highest BCUT2D eigenvalue weighted by Crippen LogP contribution is 2.31. The lowest BCUT2D eigenvalue weighted by molar-refractivity contribution is -0.137. The Morgan fingerprint density at radius 2 is 1.67 bits per heavy atom. The molecule has 0 aliphatic rings. The van der Waals surface area contributed by atoms with Crippen molar-refractivity contribution in [2.75, 3.05) is 6.61 Å². The first kappa shape index (κ1) is 21.0. The van der Waals surface area contributed by atoms with Gasteiger partial charge in [0.15, 0.2) is 11.5 Å². The number of ether oxygens (including phenoxy) is 2. The SMILES string of the molecule is CCOc1cc(CNC(C)c2ccc(C(F)(F)F)cc2)ccc1OC(F)F. The number of hydrogen-bond acceptors (Lipinski definition) is 3. The molecule has 3 nitrogen and oxygen atoms in total. The van der Waals surface area contributed by atoms with Gasteiger partial charge in [-0.1, -0.05) is 18.2 Å². The van der Waals surface area contributed by atoms with Gasteiger partial charge in [0, 0.05) is 12.6 Å². The molecule has 0 amide bonds. The average molecular weight is 389 g/mol. The zero-order valence-electron chi connectivity index (χ0n) is 14.8. The van der Waals surface area contributed by atoms with Crippen molar-refractivity contribution < 1.29 is 31.4 Å². The number of alkyl halides is 5. The Morgan fingerprint density at radius 1 is 1.00 bits per heavy atom. The molecule has 0 saturated carbocycles. The van der Waals surface area contributed by atoms with Crippen molar-refractivity contribution >= 4 is 0 Å². The van der Waals surface area contributed by atoms with Gasteiger partial charge < -0.3 is 14.8 Å². The first-order chi connectivity index (χ1) is 12.7. The van der Waals surface area contributed by atoms with Crippen molar-refractivity contribution in [2.45, 2.75) is 39.2 Å². The maximum absolute atomic E-state index is 12.6. The van der Waals surface area contributed by atoms with Crippen molar-refractivity contribution in [1.29, 1.82) is 0 Å². The molecule has 0 bridgehead atoms. The van der Waals surface area contributed by atoms with E-state index in [-0.39, 0.29) is 17.5 Å². The second-order valence-corrected chi connectivity index (χ2v) is 5.81. The predicted molar refractivity (Wildman–Crippen MR) is 90.9 cm³/mol. The summed E-state index contributed by atoms with van der Waals surface area (Å²) >= 11 is 0. The molecule has 2 rings (SSSR count). The second kappa shape index (κ2) is 9.03. The smallest absolute Gasteiger partial charge is 0.416 e. The van der Waals surface area contributed by atoms with Gasteiger partial charge in [-0.05, 0) is 49.2 Å². The first-order valence-electron chi connectivity index (χ1n) is 8.31. The van der Waals surface area contributed by atoms with E-state index < -0.39 is 18.4 Å². The van der Waals surface area contributed by atoms with E-state index in [1.165, 1.54) is 18.2 Å². The van der Waals surface area contributed by atoms with Crippen molar-refractivity contribution in [3.05, 3.63) is 59.2 Å². The van der Waals surface area contributed by atoms with E-state index >= 15 is 0 Å². The number of benzene rings is 2. The average Bonchev–Trinajstić information content (AvgIpc) is 2.61. The van der Waals surface area contributed by atoms with E-state index in [2.05, 4.69) is 10.1 Å². The third-order valence-electron chi connectivity index (χ3n) is 3.87. The molecule has 0 aromatic heterocycles. The predicted octanol–water partition coefficient (Wildman–Crippen LogP) is 5.56. The van der Waals surface area contributed by atoms with Gasteiger partial charge in [-0.2, -0.15) is 22.0 Å². The minimum atomic E-state index is -4.37. The Bertz CT molecular complexity index is 732. The molecule has 1 atom stereocenters. The lowest BCUT2D eigenvalue weighted by Gasteiger charge is -2.17. The van der Waals surface area contributed by atoms with Crippen LogP contribution in [0.1, 0.15) is 36.6 Å². The molecule has 0 aliphatic carbocycles. The molecule has 0 aliphatic heterocycles. The van der Waals surface area contributed by atoms with E-state index in [1.54, 1.807) is 19.1 Å². The molecule has 2 aromatic carbocycles. The Labute approximate surface area is 154 Å². The van der Waals surface area contributed by atoms with E-state index in [1.807, 2.05) is 6.92 Å². The van der Waals surface area contributed by atoms with Gasteiger partial charge >= 0.3 is 12.8 Å². The summed E-state index contributed by atoms with van der Waals surface area (Å²) in [6, 6.07) is 9.32. The van der Waals surface area contributed by atoms with Crippen LogP contribution in [0.3, 0.4) is 0 Å². The van der Waals surface area contributed by atoms with Crippen molar-refractivity contribution in [1.82, 2.24) is 5.32 Å². The van der Waals surface area contributed by atoms with Gasteiger partial charge in [-0.15, -0.1) is 0 Å². The molecule has 0 saturated heterocycles. The fraction of sp³-hybridized carbons (Fsp3) is 0.368. The van der Waals surface area contributed by atoms with Crippen LogP contribution in [0.4, 0.5) is 22.0 Å². The Morgan fingerprint density at radius 3 is 2.22 bits per heavy atom. The van der Waals surface area contributed by atoms with E-state index in [0.29, 0.717) is 18.7 Å². The number of nitrogens with one attached hydrogen (secondary N) is 1. The maximum Gasteiger partial charge on any atom is 0.416 e. The number of rotatable bonds is 8. The van der Waals surface area contributed by atoms with Crippen molar-refractivity contribution in [3.63, 3.8) is 0 Å². The third kappa shape index (κ3) is 6.09. The van der Waals surface area contributed by atoms with Crippen molar-refractivity contribution in [3.8, 4) is 11.5 Å². The second-order valence-electron chi connectivity index (χ2n) is 5.81. The summed E-state index contributed by atoms with van der Waals surface area (Å²) in [4.78, 5) is 0. The molecule has 1 unspecified atom stereocenters. The molecule has 27 heavy (non-hydrogen) atoms. The highest BCUT2D eigenvalue weighted by Gasteiger charge is 2.30. The van der Waals surface area contributed by atoms with Crippen molar-refractivity contribution in [2.24, 2.45) is 0 Å². The number of halogens is 5. The lowest BCUT2D eigenvalue weighted by Crippen LogP contribution is -2.18. The summed E-state index contributed by atoms with van der Waals surface area (Å²) in [6.07, 6.45) is -4.37. The molecule has 0 radical (unpaired) electrons. The van der Waals surface area contributed by atoms with Crippen LogP contribution < -0.4 is 14.8 Å². The zero-order valence-corrected chi connectivity index (χ0v) is 14.8. The van der Waals surface area contributed by atoms with Crippen LogP contribution >= 0.6 is 0 Å². The Balaban J connectivity index is 2.03. The van der Waals surface area contributed by atoms with Crippen LogP contribution in [0.5, 0.6) is 11.5 Å². The topological polar surface area (TPSA) is 30.5 Å². The van der Waals surface area contributed by atoms with Crippen LogP contribution in [-0.2, 0) is 12.7 Å². The molecule has 0 spiro atoms. The summed E-state index contributed by atoms with van der Waals surface area (Å²) in [5.41, 5.74) is 0.763. The maximum atomic E-state index is 12.6. The normalized spacial score (nSPS) is 12.9. The largest absolute Gasteiger partial charge is 0.490 e. The third-order valence-corrected chi connectivity index (χ3v) is 3.87. The van der Waals surface area contributed by atoms with Gasteiger partial charge in [0.25, 0.3) is 0 Å². The molecule has 148 valence electrons. The highest BCUT2D eigenvalue weighted by molar-refractivity contribution is 5.43. The van der Waals surface area contributed by atoms with E-state index in [9.17, 15) is 22.0 Å². The lowest BCUT2D eigenvalue weighted by atomic mass is 10.1. The molecule has 1 N–H and O–H groups in total. The molecule has 0 fully saturated rings. The summed E-state index contributed by atoms with van der Waals surface area (Å²) in [7, 11) is 0. The van der Waals surface area contributed by atoms with Crippen LogP contribution in [0.2, 0.25) is 0 Å². The fourth-order valence-electron chi connectivity index (χ4n) is 2.47. The number of hydrogen-bond donors (Lipinski definition) is 1. The Kier molecular flexibility index (Phi) is 7.01. The van der Waals surface area contributed by atoms with Gasteiger partial charge in [0.1, 0.15) is 0 Å². The monoisotopic (exact) mass is 389 g/mol. The molecule has 8 heteroatoms. The Hall–Kier alpha value is -2.35. The summed E-state index contributed by atoms with van der Waals surface area (Å²) in [5, 5.41) is 3.18. The standard InChI is InChI=1S/C19H20F5NO2/c1-3-26-17-10-13(4-9-16(17)27-18(20)21)11-25-12(2)14-5-7-15(8-6-14)19(22,23)24/h4-10,12,18,25H,3,11H2,1-2H3. The quantitative estimate of drug-likeness (QED) is 0.600. The van der Waals surface area contributed by atoms with Crippen LogP contribution in [0.15, 0.2) is 42.5 Å². The minimum absolute atomic E-state index is 0.0496. The minimum Gasteiger partial charge on any atom is -0.490 e. The molecule has 2 aromatic rings. The van der Waals surface area contributed by atoms with Gasteiger partial charge in [-0.3, -0.25) is 0 Å². The fourth-order valence-corrected chi connectivity index (χ4v) is 2.47.